The average molecular weight is 374 g/mol. The van der Waals surface area contributed by atoms with Crippen LogP contribution in [0.1, 0.15) is 21.5 Å². The molecule has 144 valence electrons. The number of amides is 1. The number of methoxy groups -OCH3 is 2. The predicted octanol–water partition coefficient (Wildman–Crippen LogP) is 3.50. The fraction of sp³-hybridized carbons (Fsp3) is 0.316. The van der Waals surface area contributed by atoms with Crippen molar-refractivity contribution in [3.63, 3.8) is 0 Å². The van der Waals surface area contributed by atoms with Gasteiger partial charge in [0.2, 0.25) is 0 Å². The van der Waals surface area contributed by atoms with Crippen LogP contribution in [0, 0.1) is 24.0 Å². The maximum absolute atomic E-state index is 12.7. The molecule has 0 radical (unpaired) electrons. The van der Waals surface area contributed by atoms with Crippen molar-refractivity contribution in [2.75, 3.05) is 32.8 Å². The van der Waals surface area contributed by atoms with E-state index in [1.165, 1.54) is 26.4 Å². The summed E-state index contributed by atoms with van der Waals surface area (Å²) in [6.07, 6.45) is 0. The molecule has 0 bridgehead atoms. The molecular formula is C19H22N2O6. The van der Waals surface area contributed by atoms with Crippen molar-refractivity contribution in [3.05, 3.63) is 57.1 Å². The van der Waals surface area contributed by atoms with Crippen LogP contribution < -0.4 is 14.8 Å². The van der Waals surface area contributed by atoms with Gasteiger partial charge in [-0.3, -0.25) is 14.9 Å². The average Bonchev–Trinajstić information content (AvgIpc) is 2.64. The zero-order valence-corrected chi connectivity index (χ0v) is 15.7. The largest absolute Gasteiger partial charge is 0.493 e. The van der Waals surface area contributed by atoms with Gasteiger partial charge in [-0.25, -0.2) is 0 Å². The highest BCUT2D eigenvalue weighted by Gasteiger charge is 2.25. The van der Waals surface area contributed by atoms with E-state index < -0.39 is 10.8 Å². The Hall–Kier alpha value is -3.13. The molecule has 0 saturated heterocycles. The summed E-state index contributed by atoms with van der Waals surface area (Å²) in [6, 6.07) is 8.08. The van der Waals surface area contributed by atoms with E-state index >= 15 is 0 Å². The van der Waals surface area contributed by atoms with Gasteiger partial charge in [0.15, 0.2) is 11.5 Å². The highest BCUT2D eigenvalue weighted by molar-refractivity contribution is 6.08. The highest BCUT2D eigenvalue weighted by atomic mass is 16.6. The summed E-state index contributed by atoms with van der Waals surface area (Å²) >= 11 is 0. The molecule has 0 spiro atoms. The van der Waals surface area contributed by atoms with Gasteiger partial charge in [0, 0.05) is 18.9 Å². The number of benzene rings is 2. The third-order valence-corrected chi connectivity index (χ3v) is 3.91. The number of rotatable bonds is 8. The van der Waals surface area contributed by atoms with Crippen molar-refractivity contribution in [3.8, 4) is 11.5 Å². The third-order valence-electron chi connectivity index (χ3n) is 3.91. The Balaban J connectivity index is 2.40. The molecule has 2 aromatic rings. The number of anilines is 1. The molecule has 0 saturated carbocycles. The van der Waals surface area contributed by atoms with E-state index in [0.717, 1.165) is 11.1 Å². The van der Waals surface area contributed by atoms with E-state index in [9.17, 15) is 14.9 Å². The molecule has 27 heavy (non-hydrogen) atoms. The molecule has 8 heteroatoms. The molecule has 0 heterocycles. The Bertz CT molecular complexity index is 850. The predicted molar refractivity (Wildman–Crippen MR) is 101 cm³/mol. The number of nitro benzene ring substituents is 1. The van der Waals surface area contributed by atoms with Gasteiger partial charge in [-0.1, -0.05) is 12.1 Å². The zero-order valence-electron chi connectivity index (χ0n) is 15.7. The summed E-state index contributed by atoms with van der Waals surface area (Å²) in [6.45, 7) is 4.24. The lowest BCUT2D eigenvalue weighted by Gasteiger charge is -2.13. The standard InChI is InChI=1S/C19H22N2O6/c1-12-5-6-13(2)15(9-12)20-19(22)14-10-17(26-4)18(27-8-7-25-3)11-16(14)21(23)24/h5-6,9-11H,7-8H2,1-4H3,(H,20,22). The number of hydrogen-bond acceptors (Lipinski definition) is 6. The van der Waals surface area contributed by atoms with Crippen LogP contribution in [0.5, 0.6) is 11.5 Å². The fourth-order valence-electron chi connectivity index (χ4n) is 2.45. The van der Waals surface area contributed by atoms with Gasteiger partial charge in [0.25, 0.3) is 11.6 Å². The van der Waals surface area contributed by atoms with Crippen LogP contribution in [0.3, 0.4) is 0 Å². The van der Waals surface area contributed by atoms with E-state index in [1.807, 2.05) is 26.0 Å². The lowest BCUT2D eigenvalue weighted by atomic mass is 10.1. The number of nitro groups is 1. The van der Waals surface area contributed by atoms with Gasteiger partial charge in [-0.2, -0.15) is 0 Å². The number of hydrogen-bond donors (Lipinski definition) is 1. The number of ether oxygens (including phenoxy) is 3. The third kappa shape index (κ3) is 4.95. The molecule has 8 nitrogen and oxygen atoms in total. The van der Waals surface area contributed by atoms with Gasteiger partial charge in [-0.15, -0.1) is 0 Å². The van der Waals surface area contributed by atoms with Crippen molar-refractivity contribution < 1.29 is 23.9 Å². The maximum atomic E-state index is 12.7. The Labute approximate surface area is 157 Å². The first-order valence-corrected chi connectivity index (χ1v) is 8.24. The summed E-state index contributed by atoms with van der Waals surface area (Å²) in [5.41, 5.74) is 1.92. The first kappa shape index (κ1) is 20.2. The molecule has 2 rings (SSSR count). The van der Waals surface area contributed by atoms with Crippen LogP contribution in [0.15, 0.2) is 30.3 Å². The van der Waals surface area contributed by atoms with Crippen LogP contribution in [0.4, 0.5) is 11.4 Å². The molecule has 0 fully saturated rings. The van der Waals surface area contributed by atoms with Crippen LogP contribution >= 0.6 is 0 Å². The summed E-state index contributed by atoms with van der Waals surface area (Å²) in [5, 5.41) is 14.2. The summed E-state index contributed by atoms with van der Waals surface area (Å²) in [4.78, 5) is 23.6. The van der Waals surface area contributed by atoms with Gasteiger partial charge in [0.05, 0.1) is 24.7 Å². The minimum absolute atomic E-state index is 0.114. The second kappa shape index (κ2) is 9.00. The lowest BCUT2D eigenvalue weighted by molar-refractivity contribution is -0.385. The molecular weight excluding hydrogens is 352 g/mol. The van der Waals surface area contributed by atoms with Gasteiger partial charge in [0.1, 0.15) is 12.2 Å². The highest BCUT2D eigenvalue weighted by Crippen LogP contribution is 2.35. The number of carbonyl (C=O) groups excluding carboxylic acids is 1. The Morgan fingerprint density at radius 1 is 1.11 bits per heavy atom. The Morgan fingerprint density at radius 3 is 2.48 bits per heavy atom. The second-order valence-corrected chi connectivity index (χ2v) is 5.89. The van der Waals surface area contributed by atoms with E-state index in [-0.39, 0.29) is 29.4 Å². The minimum atomic E-state index is -0.624. The first-order chi connectivity index (χ1) is 12.9. The molecule has 0 aliphatic heterocycles. The molecule has 1 N–H and O–H groups in total. The van der Waals surface area contributed by atoms with Crippen molar-refractivity contribution >= 4 is 17.3 Å². The topological polar surface area (TPSA) is 99.9 Å². The van der Waals surface area contributed by atoms with Crippen LogP contribution in [-0.2, 0) is 4.74 Å². The Morgan fingerprint density at radius 2 is 1.85 bits per heavy atom. The van der Waals surface area contributed by atoms with E-state index in [2.05, 4.69) is 5.32 Å². The van der Waals surface area contributed by atoms with E-state index in [0.29, 0.717) is 12.3 Å². The van der Waals surface area contributed by atoms with E-state index in [1.54, 1.807) is 6.07 Å². The maximum Gasteiger partial charge on any atom is 0.286 e. The monoisotopic (exact) mass is 374 g/mol. The van der Waals surface area contributed by atoms with Crippen molar-refractivity contribution in [2.45, 2.75) is 13.8 Å². The number of aryl methyl sites for hydroxylation is 2. The number of nitrogens with one attached hydrogen (secondary N) is 1. The molecule has 0 aliphatic rings. The number of nitrogens with zero attached hydrogens (tertiary/aromatic N) is 1. The zero-order chi connectivity index (χ0) is 20.0. The molecule has 0 aromatic heterocycles. The van der Waals surface area contributed by atoms with E-state index in [4.69, 9.17) is 14.2 Å². The van der Waals surface area contributed by atoms with Crippen LogP contribution in [-0.4, -0.2) is 38.3 Å². The summed E-state index contributed by atoms with van der Waals surface area (Å²) < 4.78 is 15.6. The fourth-order valence-corrected chi connectivity index (χ4v) is 2.45. The number of carbonyl (C=O) groups is 1. The van der Waals surface area contributed by atoms with Crippen LogP contribution in [0.2, 0.25) is 0 Å². The summed E-state index contributed by atoms with van der Waals surface area (Å²) in [7, 11) is 2.92. The second-order valence-electron chi connectivity index (χ2n) is 5.89. The Kier molecular flexibility index (Phi) is 6.73. The van der Waals surface area contributed by atoms with Gasteiger partial charge in [-0.05, 0) is 31.0 Å². The van der Waals surface area contributed by atoms with Crippen molar-refractivity contribution in [1.82, 2.24) is 0 Å². The smallest absolute Gasteiger partial charge is 0.286 e. The minimum Gasteiger partial charge on any atom is -0.493 e. The molecule has 1 amide bonds. The molecule has 0 aliphatic carbocycles. The normalized spacial score (nSPS) is 10.4. The molecule has 0 atom stereocenters. The van der Waals surface area contributed by atoms with Crippen molar-refractivity contribution in [1.29, 1.82) is 0 Å². The molecule has 0 unspecified atom stereocenters. The summed E-state index contributed by atoms with van der Waals surface area (Å²) in [5.74, 6) is -0.204. The van der Waals surface area contributed by atoms with Crippen LogP contribution in [0.25, 0.3) is 0 Å². The lowest BCUT2D eigenvalue weighted by Crippen LogP contribution is -2.15. The van der Waals surface area contributed by atoms with Gasteiger partial charge < -0.3 is 19.5 Å². The molecule has 2 aromatic carbocycles. The SMILES string of the molecule is COCCOc1cc([N+](=O)[O-])c(C(=O)Nc2cc(C)ccc2C)cc1OC. The quantitative estimate of drug-likeness (QED) is 0.431. The van der Waals surface area contributed by atoms with Gasteiger partial charge >= 0.3 is 0 Å². The van der Waals surface area contributed by atoms with Crippen molar-refractivity contribution in [2.24, 2.45) is 0 Å². The first-order valence-electron chi connectivity index (χ1n) is 8.24.